The van der Waals surface area contributed by atoms with Gasteiger partial charge in [-0.3, -0.25) is 0 Å². The minimum absolute atomic E-state index is 0.221. The number of hydrogen-bond acceptors (Lipinski definition) is 3. The lowest BCUT2D eigenvalue weighted by Crippen LogP contribution is -2.26. The maximum absolute atomic E-state index is 11.7. The first-order valence-corrected chi connectivity index (χ1v) is 6.04. The predicted octanol–water partition coefficient (Wildman–Crippen LogP) is 3.37. The van der Waals surface area contributed by atoms with Gasteiger partial charge in [-0.2, -0.15) is 0 Å². The largest absolute Gasteiger partial charge is 0.489 e. The van der Waals surface area contributed by atoms with Gasteiger partial charge in [0.05, 0.1) is 13.2 Å². The standard InChI is InChI=1S/C13H15ClO3/c1-8-6-9(14)7-11(13(15)16-2)12(8)17-10-4-3-5-10/h6-7,10H,3-5H2,1-2H3. The highest BCUT2D eigenvalue weighted by Crippen LogP contribution is 2.33. The van der Waals surface area contributed by atoms with Crippen molar-refractivity contribution in [2.45, 2.75) is 32.3 Å². The molecule has 4 heteroatoms. The lowest BCUT2D eigenvalue weighted by atomic mass is 9.96. The fourth-order valence-electron chi connectivity index (χ4n) is 1.80. The van der Waals surface area contributed by atoms with Gasteiger partial charge in [-0.15, -0.1) is 0 Å². The first-order chi connectivity index (χ1) is 8.11. The van der Waals surface area contributed by atoms with Gasteiger partial charge in [-0.25, -0.2) is 4.79 Å². The molecule has 0 N–H and O–H groups in total. The van der Waals surface area contributed by atoms with E-state index in [0.29, 0.717) is 16.3 Å². The summed E-state index contributed by atoms with van der Waals surface area (Å²) in [5.74, 6) is 0.191. The summed E-state index contributed by atoms with van der Waals surface area (Å²) in [5.41, 5.74) is 1.27. The number of esters is 1. The number of rotatable bonds is 3. The Kier molecular flexibility index (Phi) is 3.57. The van der Waals surface area contributed by atoms with Crippen LogP contribution in [0.5, 0.6) is 5.75 Å². The van der Waals surface area contributed by atoms with Crippen LogP contribution in [-0.2, 0) is 4.74 Å². The molecule has 1 saturated carbocycles. The van der Waals surface area contributed by atoms with Crippen LogP contribution in [0.15, 0.2) is 12.1 Å². The van der Waals surface area contributed by atoms with Crippen LogP contribution in [0.2, 0.25) is 5.02 Å². The van der Waals surface area contributed by atoms with Gasteiger partial charge < -0.3 is 9.47 Å². The SMILES string of the molecule is COC(=O)c1cc(Cl)cc(C)c1OC1CCC1. The average Bonchev–Trinajstić information content (AvgIpc) is 2.23. The van der Waals surface area contributed by atoms with Gasteiger partial charge in [-0.1, -0.05) is 11.6 Å². The molecule has 0 radical (unpaired) electrons. The van der Waals surface area contributed by atoms with Crippen LogP contribution in [0.1, 0.15) is 35.2 Å². The predicted molar refractivity (Wildman–Crippen MR) is 65.8 cm³/mol. The highest BCUT2D eigenvalue weighted by atomic mass is 35.5. The van der Waals surface area contributed by atoms with Crippen molar-refractivity contribution in [1.82, 2.24) is 0 Å². The van der Waals surface area contributed by atoms with Crippen LogP contribution in [0.3, 0.4) is 0 Å². The summed E-state index contributed by atoms with van der Waals surface area (Å²) in [6, 6.07) is 3.39. The highest BCUT2D eigenvalue weighted by Gasteiger charge is 2.24. The molecule has 0 heterocycles. The fraction of sp³-hybridized carbons (Fsp3) is 0.462. The molecule has 0 bridgehead atoms. The molecule has 1 fully saturated rings. The quantitative estimate of drug-likeness (QED) is 0.776. The van der Waals surface area contributed by atoms with Gasteiger partial charge in [0.15, 0.2) is 0 Å². The van der Waals surface area contributed by atoms with Gasteiger partial charge in [0.25, 0.3) is 0 Å². The topological polar surface area (TPSA) is 35.5 Å². The van der Waals surface area contributed by atoms with Crippen molar-refractivity contribution in [2.75, 3.05) is 7.11 Å². The van der Waals surface area contributed by atoms with Gasteiger partial charge in [0, 0.05) is 5.02 Å². The smallest absolute Gasteiger partial charge is 0.341 e. The Morgan fingerprint density at radius 3 is 2.65 bits per heavy atom. The number of methoxy groups -OCH3 is 1. The maximum atomic E-state index is 11.7. The van der Waals surface area contributed by atoms with Crippen molar-refractivity contribution >= 4 is 17.6 Å². The Balaban J connectivity index is 2.35. The van der Waals surface area contributed by atoms with Gasteiger partial charge in [0.1, 0.15) is 11.3 Å². The van der Waals surface area contributed by atoms with E-state index in [2.05, 4.69) is 0 Å². The average molecular weight is 255 g/mol. The van der Waals surface area contributed by atoms with Crippen LogP contribution in [0, 0.1) is 6.92 Å². The number of hydrogen-bond donors (Lipinski definition) is 0. The number of ether oxygens (including phenoxy) is 2. The third-order valence-corrected chi connectivity index (χ3v) is 3.20. The molecule has 92 valence electrons. The number of carbonyl (C=O) groups is 1. The van der Waals surface area contributed by atoms with E-state index in [-0.39, 0.29) is 6.10 Å². The Labute approximate surface area is 106 Å². The van der Waals surface area contributed by atoms with Crippen molar-refractivity contribution < 1.29 is 14.3 Å². The number of halogens is 1. The summed E-state index contributed by atoms with van der Waals surface area (Å²) in [5, 5.41) is 0.517. The Morgan fingerprint density at radius 1 is 1.41 bits per heavy atom. The first-order valence-electron chi connectivity index (χ1n) is 5.67. The highest BCUT2D eigenvalue weighted by molar-refractivity contribution is 6.31. The van der Waals surface area contributed by atoms with Crippen LogP contribution in [-0.4, -0.2) is 19.2 Å². The van der Waals surface area contributed by atoms with Crippen molar-refractivity contribution in [2.24, 2.45) is 0 Å². The molecule has 1 aromatic carbocycles. The summed E-state index contributed by atoms with van der Waals surface area (Å²) >= 11 is 5.94. The molecule has 3 nitrogen and oxygen atoms in total. The van der Waals surface area contributed by atoms with Crippen molar-refractivity contribution in [3.8, 4) is 5.75 Å². The molecular weight excluding hydrogens is 240 g/mol. The Morgan fingerprint density at radius 2 is 2.12 bits per heavy atom. The van der Waals surface area contributed by atoms with Gasteiger partial charge in [0.2, 0.25) is 0 Å². The molecular formula is C13H15ClO3. The summed E-state index contributed by atoms with van der Waals surface area (Å²) in [7, 11) is 1.35. The lowest BCUT2D eigenvalue weighted by Gasteiger charge is -2.28. The second-order valence-electron chi connectivity index (χ2n) is 4.26. The molecule has 1 aliphatic rings. The molecule has 0 aliphatic heterocycles. The summed E-state index contributed by atoms with van der Waals surface area (Å²) < 4.78 is 10.6. The molecule has 17 heavy (non-hydrogen) atoms. The lowest BCUT2D eigenvalue weighted by molar-refractivity contribution is 0.0584. The van der Waals surface area contributed by atoms with E-state index in [9.17, 15) is 4.79 Å². The minimum atomic E-state index is -0.412. The van der Waals surface area contributed by atoms with E-state index in [4.69, 9.17) is 21.1 Å². The van der Waals surface area contributed by atoms with Crippen LogP contribution < -0.4 is 4.74 Å². The van der Waals surface area contributed by atoms with Crippen molar-refractivity contribution in [1.29, 1.82) is 0 Å². The zero-order valence-electron chi connectivity index (χ0n) is 9.96. The van der Waals surface area contributed by atoms with E-state index in [1.165, 1.54) is 13.5 Å². The van der Waals surface area contributed by atoms with E-state index in [0.717, 1.165) is 18.4 Å². The van der Waals surface area contributed by atoms with E-state index in [1.54, 1.807) is 12.1 Å². The molecule has 0 amide bonds. The van der Waals surface area contributed by atoms with Crippen molar-refractivity contribution in [3.05, 3.63) is 28.3 Å². The second kappa shape index (κ2) is 4.96. The van der Waals surface area contributed by atoms with Crippen LogP contribution >= 0.6 is 11.6 Å². The molecule has 1 aromatic rings. The second-order valence-corrected chi connectivity index (χ2v) is 4.70. The minimum Gasteiger partial charge on any atom is -0.489 e. The first kappa shape index (κ1) is 12.2. The number of aryl methyl sites for hydroxylation is 1. The normalized spacial score (nSPS) is 15.2. The molecule has 1 aliphatic carbocycles. The number of benzene rings is 1. The zero-order valence-corrected chi connectivity index (χ0v) is 10.7. The summed E-state index contributed by atoms with van der Waals surface area (Å²) in [6.45, 7) is 1.88. The summed E-state index contributed by atoms with van der Waals surface area (Å²) in [4.78, 5) is 11.7. The number of carbonyl (C=O) groups excluding carboxylic acids is 1. The summed E-state index contributed by atoms with van der Waals surface area (Å²) in [6.07, 6.45) is 3.49. The third kappa shape index (κ3) is 2.55. The monoisotopic (exact) mass is 254 g/mol. The molecule has 0 atom stereocenters. The van der Waals surface area contributed by atoms with E-state index >= 15 is 0 Å². The van der Waals surface area contributed by atoms with Crippen LogP contribution in [0.25, 0.3) is 0 Å². The zero-order chi connectivity index (χ0) is 12.4. The fourth-order valence-corrected chi connectivity index (χ4v) is 2.08. The molecule has 0 unspecified atom stereocenters. The van der Waals surface area contributed by atoms with Gasteiger partial charge >= 0.3 is 5.97 Å². The molecule has 0 spiro atoms. The van der Waals surface area contributed by atoms with E-state index in [1.807, 2.05) is 6.92 Å². The molecule has 0 saturated heterocycles. The van der Waals surface area contributed by atoms with Crippen molar-refractivity contribution in [3.63, 3.8) is 0 Å². The molecule has 0 aromatic heterocycles. The Hall–Kier alpha value is -1.22. The van der Waals surface area contributed by atoms with Crippen LogP contribution in [0.4, 0.5) is 0 Å². The Bertz CT molecular complexity index is 439. The third-order valence-electron chi connectivity index (χ3n) is 2.98. The van der Waals surface area contributed by atoms with E-state index < -0.39 is 5.97 Å². The van der Waals surface area contributed by atoms with Gasteiger partial charge in [-0.05, 0) is 43.9 Å². The maximum Gasteiger partial charge on any atom is 0.341 e. The molecule has 2 rings (SSSR count).